The van der Waals surface area contributed by atoms with Gasteiger partial charge in [0.1, 0.15) is 0 Å². The standard InChI is InChI=1S/C34H29N2/c1-34(28-16-6-2-7-17-28,29-18-8-3-9-19-29)32-24-14-15-27-25-35(30-20-10-4-11-21-30)26-36(33(27)32)31-22-12-5-13-23-31/h2-25H,26H2,1H3/q+1. The van der Waals surface area contributed by atoms with Crippen LogP contribution in [0.15, 0.2) is 140 Å². The summed E-state index contributed by atoms with van der Waals surface area (Å²) in [5.74, 6) is 0. The van der Waals surface area contributed by atoms with Gasteiger partial charge in [0.25, 0.3) is 0 Å². The Hall–Kier alpha value is -4.43. The van der Waals surface area contributed by atoms with Crippen molar-refractivity contribution in [3.05, 3.63) is 162 Å². The highest BCUT2D eigenvalue weighted by Crippen LogP contribution is 2.46. The highest BCUT2D eigenvalue weighted by atomic mass is 15.3. The summed E-state index contributed by atoms with van der Waals surface area (Å²) < 4.78 is 2.33. The van der Waals surface area contributed by atoms with Crippen molar-refractivity contribution in [3.8, 4) is 0 Å². The number of nitrogens with zero attached hydrogens (tertiary/aromatic N) is 2. The van der Waals surface area contributed by atoms with Gasteiger partial charge in [0.05, 0.1) is 11.3 Å². The van der Waals surface area contributed by atoms with Gasteiger partial charge in [0.2, 0.25) is 12.4 Å². The molecular weight excluding hydrogens is 436 g/mol. The fourth-order valence-corrected chi connectivity index (χ4v) is 5.42. The number of para-hydroxylation sites is 3. The first-order chi connectivity index (χ1) is 17.7. The molecule has 6 rings (SSSR count). The van der Waals surface area contributed by atoms with E-state index in [2.05, 4.69) is 162 Å². The molecule has 0 aromatic heterocycles. The Kier molecular flexibility index (Phi) is 5.71. The zero-order valence-corrected chi connectivity index (χ0v) is 20.5. The lowest BCUT2D eigenvalue weighted by molar-refractivity contribution is -0.434. The molecule has 1 aliphatic rings. The summed E-state index contributed by atoms with van der Waals surface area (Å²) in [6.07, 6.45) is 2.30. The van der Waals surface area contributed by atoms with Crippen molar-refractivity contribution in [2.45, 2.75) is 12.3 Å². The van der Waals surface area contributed by atoms with E-state index in [9.17, 15) is 0 Å². The van der Waals surface area contributed by atoms with Crippen LogP contribution in [0, 0.1) is 0 Å². The summed E-state index contributed by atoms with van der Waals surface area (Å²) in [6, 6.07) is 49.9. The van der Waals surface area contributed by atoms with Gasteiger partial charge in [-0.05, 0) is 41.8 Å². The molecule has 0 fully saturated rings. The quantitative estimate of drug-likeness (QED) is 0.189. The number of hydrogen-bond acceptors (Lipinski definition) is 1. The first kappa shape index (κ1) is 22.1. The van der Waals surface area contributed by atoms with E-state index < -0.39 is 0 Å². The zero-order chi connectivity index (χ0) is 24.4. The Bertz CT molecular complexity index is 1450. The summed E-state index contributed by atoms with van der Waals surface area (Å²) in [4.78, 5) is 2.46. The van der Waals surface area contributed by atoms with E-state index in [0.29, 0.717) is 0 Å². The average molecular weight is 466 g/mol. The van der Waals surface area contributed by atoms with E-state index in [4.69, 9.17) is 0 Å². The maximum atomic E-state index is 2.46. The van der Waals surface area contributed by atoms with Crippen LogP contribution in [-0.4, -0.2) is 17.5 Å². The molecule has 0 saturated heterocycles. The Morgan fingerprint density at radius 3 is 1.69 bits per heavy atom. The van der Waals surface area contributed by atoms with E-state index in [1.54, 1.807) is 0 Å². The normalized spacial score (nSPS) is 13.1. The minimum Gasteiger partial charge on any atom is -0.285 e. The molecule has 0 bridgehead atoms. The third kappa shape index (κ3) is 3.81. The first-order valence-corrected chi connectivity index (χ1v) is 12.5. The molecule has 2 nitrogen and oxygen atoms in total. The Morgan fingerprint density at radius 1 is 0.583 bits per heavy atom. The van der Waals surface area contributed by atoms with Gasteiger partial charge >= 0.3 is 0 Å². The fraction of sp³-hybridized carbons (Fsp3) is 0.0882. The number of hydrogen-bond donors (Lipinski definition) is 0. The molecule has 0 saturated carbocycles. The Balaban J connectivity index is 1.64. The van der Waals surface area contributed by atoms with Crippen molar-refractivity contribution in [2.75, 3.05) is 11.6 Å². The van der Waals surface area contributed by atoms with Gasteiger partial charge in [-0.1, -0.05) is 109 Å². The van der Waals surface area contributed by atoms with Crippen LogP contribution in [0.2, 0.25) is 0 Å². The van der Waals surface area contributed by atoms with Crippen molar-refractivity contribution in [1.29, 1.82) is 0 Å². The van der Waals surface area contributed by atoms with E-state index >= 15 is 0 Å². The van der Waals surface area contributed by atoms with Crippen molar-refractivity contribution >= 4 is 23.3 Å². The molecule has 0 radical (unpaired) electrons. The van der Waals surface area contributed by atoms with E-state index in [-0.39, 0.29) is 5.41 Å². The van der Waals surface area contributed by atoms with E-state index in [1.165, 1.54) is 39.3 Å². The lowest BCUT2D eigenvalue weighted by Crippen LogP contribution is -2.36. The predicted octanol–water partition coefficient (Wildman–Crippen LogP) is 7.91. The summed E-state index contributed by atoms with van der Waals surface area (Å²) in [5, 5.41) is 0. The SMILES string of the molecule is CC(c1ccccc1)(c1ccccc1)c1cccc2c1N(c1ccccc1)C[N+](c1ccccc1)=C2. The molecule has 5 aromatic rings. The lowest BCUT2D eigenvalue weighted by Gasteiger charge is -2.38. The number of rotatable bonds is 5. The molecule has 0 N–H and O–H groups in total. The number of anilines is 2. The van der Waals surface area contributed by atoms with Crippen molar-refractivity contribution in [2.24, 2.45) is 0 Å². The third-order valence-electron chi connectivity index (χ3n) is 7.32. The molecule has 1 heterocycles. The molecule has 36 heavy (non-hydrogen) atoms. The smallest absolute Gasteiger partial charge is 0.228 e. The lowest BCUT2D eigenvalue weighted by atomic mass is 9.70. The topological polar surface area (TPSA) is 6.25 Å². The second kappa shape index (κ2) is 9.31. The number of benzene rings is 5. The van der Waals surface area contributed by atoms with Gasteiger partial charge in [0, 0.05) is 23.2 Å². The van der Waals surface area contributed by atoms with Crippen molar-refractivity contribution in [1.82, 2.24) is 0 Å². The minimum absolute atomic E-state index is 0.330. The Labute approximate surface area is 213 Å². The van der Waals surface area contributed by atoms with Crippen molar-refractivity contribution in [3.63, 3.8) is 0 Å². The van der Waals surface area contributed by atoms with Crippen LogP contribution in [0.25, 0.3) is 0 Å². The number of fused-ring (bicyclic) bond motifs is 1. The van der Waals surface area contributed by atoms with Crippen LogP contribution in [-0.2, 0) is 5.41 Å². The molecule has 0 spiro atoms. The van der Waals surface area contributed by atoms with Crippen LogP contribution in [0.5, 0.6) is 0 Å². The maximum Gasteiger partial charge on any atom is 0.228 e. The van der Waals surface area contributed by atoms with E-state index in [1.807, 2.05) is 0 Å². The molecule has 0 atom stereocenters. The van der Waals surface area contributed by atoms with Crippen LogP contribution < -0.4 is 4.90 Å². The van der Waals surface area contributed by atoms with Crippen LogP contribution in [0.1, 0.15) is 29.2 Å². The van der Waals surface area contributed by atoms with Crippen LogP contribution in [0.4, 0.5) is 17.1 Å². The molecule has 5 aromatic carbocycles. The molecule has 2 heteroatoms. The molecule has 0 amide bonds. The van der Waals surface area contributed by atoms with Gasteiger partial charge < -0.3 is 0 Å². The summed E-state index contributed by atoms with van der Waals surface area (Å²) in [5.41, 5.74) is 8.36. The summed E-state index contributed by atoms with van der Waals surface area (Å²) in [7, 11) is 0. The highest BCUT2D eigenvalue weighted by Gasteiger charge is 2.38. The van der Waals surface area contributed by atoms with Crippen molar-refractivity contribution < 1.29 is 4.58 Å². The van der Waals surface area contributed by atoms with Gasteiger partial charge in [-0.3, -0.25) is 4.90 Å². The summed E-state index contributed by atoms with van der Waals surface area (Å²) >= 11 is 0. The van der Waals surface area contributed by atoms with Gasteiger partial charge in [-0.2, -0.15) is 4.58 Å². The predicted molar refractivity (Wildman–Crippen MR) is 150 cm³/mol. The first-order valence-electron chi connectivity index (χ1n) is 12.5. The van der Waals surface area contributed by atoms with Gasteiger partial charge in [-0.15, -0.1) is 0 Å². The Morgan fingerprint density at radius 2 is 1.11 bits per heavy atom. The molecule has 1 aliphatic heterocycles. The zero-order valence-electron chi connectivity index (χ0n) is 20.5. The third-order valence-corrected chi connectivity index (χ3v) is 7.32. The molecule has 0 unspecified atom stereocenters. The second-order valence-corrected chi connectivity index (χ2v) is 9.44. The van der Waals surface area contributed by atoms with Crippen LogP contribution >= 0.6 is 0 Å². The largest absolute Gasteiger partial charge is 0.285 e. The highest BCUT2D eigenvalue weighted by molar-refractivity contribution is 5.92. The summed E-state index contributed by atoms with van der Waals surface area (Å²) in [6.45, 7) is 3.09. The maximum absolute atomic E-state index is 2.46. The van der Waals surface area contributed by atoms with Crippen LogP contribution in [0.3, 0.4) is 0 Å². The average Bonchev–Trinajstić information content (AvgIpc) is 2.97. The van der Waals surface area contributed by atoms with Gasteiger partial charge in [0.15, 0.2) is 6.21 Å². The monoisotopic (exact) mass is 465 g/mol. The molecular formula is C34H29N2+. The van der Waals surface area contributed by atoms with E-state index in [0.717, 1.165) is 6.67 Å². The van der Waals surface area contributed by atoms with Gasteiger partial charge in [-0.25, -0.2) is 0 Å². The molecule has 174 valence electrons. The second-order valence-electron chi connectivity index (χ2n) is 9.44. The minimum atomic E-state index is -0.330. The fourth-order valence-electron chi connectivity index (χ4n) is 5.42. The molecule has 0 aliphatic carbocycles.